The molecule has 1 aromatic rings. The van der Waals surface area contributed by atoms with Gasteiger partial charge in [-0.3, -0.25) is 14.5 Å². The predicted molar refractivity (Wildman–Crippen MR) is 82.9 cm³/mol. The van der Waals surface area contributed by atoms with Crippen molar-refractivity contribution in [1.82, 2.24) is 20.5 Å². The Morgan fingerprint density at radius 2 is 2.14 bits per heavy atom. The van der Waals surface area contributed by atoms with Crippen LogP contribution < -0.4 is 10.6 Å². The Balaban J connectivity index is 1.81. The Kier molecular flexibility index (Phi) is 5.69. The second kappa shape index (κ2) is 7.51. The van der Waals surface area contributed by atoms with E-state index in [2.05, 4.69) is 36.4 Å². The largest absolute Gasteiger partial charge is 0.358 e. The molecule has 1 aromatic heterocycles. The maximum atomic E-state index is 12.1. The Morgan fingerprint density at radius 3 is 2.76 bits per heavy atom. The van der Waals surface area contributed by atoms with E-state index < -0.39 is 0 Å². The summed E-state index contributed by atoms with van der Waals surface area (Å²) in [6.07, 6.45) is 3.31. The summed E-state index contributed by atoms with van der Waals surface area (Å²) in [4.78, 5) is 29.6. The van der Waals surface area contributed by atoms with Gasteiger partial charge in [0, 0.05) is 37.9 Å². The van der Waals surface area contributed by atoms with E-state index in [1.807, 2.05) is 0 Å². The minimum absolute atomic E-state index is 0.0270. The van der Waals surface area contributed by atoms with Gasteiger partial charge in [-0.05, 0) is 40.9 Å². The summed E-state index contributed by atoms with van der Waals surface area (Å²) in [6.45, 7) is 2.06. The smallest absolute Gasteiger partial charge is 0.251 e. The summed E-state index contributed by atoms with van der Waals surface area (Å²) < 4.78 is 0.649. The van der Waals surface area contributed by atoms with E-state index >= 15 is 0 Å². The molecule has 1 saturated heterocycles. The molecule has 0 saturated carbocycles. The molecule has 0 unspecified atom stereocenters. The molecule has 0 atom stereocenters. The first-order valence-corrected chi connectivity index (χ1v) is 7.73. The van der Waals surface area contributed by atoms with Crippen molar-refractivity contribution in [3.8, 4) is 0 Å². The van der Waals surface area contributed by atoms with Gasteiger partial charge in [-0.1, -0.05) is 0 Å². The highest BCUT2D eigenvalue weighted by Gasteiger charge is 2.22. The zero-order chi connectivity index (χ0) is 15.2. The fourth-order valence-corrected chi connectivity index (χ4v) is 2.69. The van der Waals surface area contributed by atoms with Gasteiger partial charge in [0.1, 0.15) is 4.60 Å². The molecular weight excluding hydrogens is 336 g/mol. The summed E-state index contributed by atoms with van der Waals surface area (Å²) in [7, 11) is 1.64. The van der Waals surface area contributed by atoms with E-state index in [0.717, 1.165) is 25.9 Å². The third kappa shape index (κ3) is 4.78. The maximum Gasteiger partial charge on any atom is 0.251 e. The second-order valence-corrected chi connectivity index (χ2v) is 5.88. The summed E-state index contributed by atoms with van der Waals surface area (Å²) in [6, 6.07) is 3.56. The van der Waals surface area contributed by atoms with Crippen LogP contribution in [0, 0.1) is 0 Å². The zero-order valence-corrected chi connectivity index (χ0v) is 13.5. The second-order valence-electron chi connectivity index (χ2n) is 5.06. The fraction of sp³-hybridized carbons (Fsp3) is 0.500. The number of carbonyl (C=O) groups excluding carboxylic acids is 2. The van der Waals surface area contributed by atoms with Crippen LogP contribution in [0.2, 0.25) is 0 Å². The molecule has 114 valence electrons. The van der Waals surface area contributed by atoms with Crippen molar-refractivity contribution >= 4 is 27.7 Å². The highest BCUT2D eigenvalue weighted by Crippen LogP contribution is 2.12. The quantitative estimate of drug-likeness (QED) is 0.783. The topological polar surface area (TPSA) is 74.3 Å². The van der Waals surface area contributed by atoms with Gasteiger partial charge >= 0.3 is 0 Å². The summed E-state index contributed by atoms with van der Waals surface area (Å²) in [5, 5.41) is 5.66. The molecular formula is C14H19BrN4O2. The Morgan fingerprint density at radius 1 is 1.43 bits per heavy atom. The third-order valence-corrected chi connectivity index (χ3v) is 3.99. The summed E-state index contributed by atoms with van der Waals surface area (Å²) in [5.41, 5.74) is 0.602. The highest BCUT2D eigenvalue weighted by molar-refractivity contribution is 9.10. The van der Waals surface area contributed by atoms with Gasteiger partial charge in [0.15, 0.2) is 0 Å². The molecule has 1 aliphatic heterocycles. The lowest BCUT2D eigenvalue weighted by atomic mass is 10.0. The van der Waals surface area contributed by atoms with Gasteiger partial charge in [0.05, 0.1) is 6.54 Å². The van der Waals surface area contributed by atoms with Crippen LogP contribution in [0.1, 0.15) is 23.2 Å². The molecule has 6 nitrogen and oxygen atoms in total. The third-order valence-electron chi connectivity index (χ3n) is 3.56. The highest BCUT2D eigenvalue weighted by atomic mass is 79.9. The summed E-state index contributed by atoms with van der Waals surface area (Å²) in [5.74, 6) is -0.0537. The van der Waals surface area contributed by atoms with E-state index in [4.69, 9.17) is 0 Å². The molecule has 7 heteroatoms. The molecule has 21 heavy (non-hydrogen) atoms. The molecule has 0 spiro atoms. The number of pyridine rings is 1. The van der Waals surface area contributed by atoms with E-state index in [9.17, 15) is 9.59 Å². The molecule has 0 aliphatic carbocycles. The van der Waals surface area contributed by atoms with Crippen molar-refractivity contribution < 1.29 is 9.59 Å². The lowest BCUT2D eigenvalue weighted by Crippen LogP contribution is -2.47. The number of aromatic nitrogens is 1. The number of nitrogens with zero attached hydrogens (tertiary/aromatic N) is 2. The molecule has 0 radical (unpaired) electrons. The first-order chi connectivity index (χ1) is 10.1. The van der Waals surface area contributed by atoms with E-state index in [1.165, 1.54) is 0 Å². The van der Waals surface area contributed by atoms with Crippen molar-refractivity contribution in [2.45, 2.75) is 18.9 Å². The van der Waals surface area contributed by atoms with E-state index in [1.54, 1.807) is 25.4 Å². The molecule has 1 aliphatic rings. The number of likely N-dealkylation sites (tertiary alicyclic amines) is 1. The van der Waals surface area contributed by atoms with Gasteiger partial charge in [0.2, 0.25) is 5.91 Å². The predicted octanol–water partition coefficient (Wildman–Crippen LogP) is 0.784. The van der Waals surface area contributed by atoms with Crippen LogP contribution in [-0.2, 0) is 4.79 Å². The minimum Gasteiger partial charge on any atom is -0.358 e. The van der Waals surface area contributed by atoms with Gasteiger partial charge in [-0.15, -0.1) is 0 Å². The van der Waals surface area contributed by atoms with Crippen molar-refractivity contribution in [3.05, 3.63) is 28.5 Å². The average Bonchev–Trinajstić information content (AvgIpc) is 2.49. The zero-order valence-electron chi connectivity index (χ0n) is 11.9. The Hall–Kier alpha value is -1.47. The van der Waals surface area contributed by atoms with Crippen molar-refractivity contribution in [2.75, 3.05) is 26.7 Å². The number of halogens is 1. The standard InChI is InChI=1S/C14H19BrN4O2/c1-16-13(20)9-19-6-3-11(4-7-19)18-14(21)10-2-5-17-12(15)8-10/h2,5,8,11H,3-4,6-7,9H2,1H3,(H,16,20)(H,18,21). The number of amides is 2. The van der Waals surface area contributed by atoms with E-state index in [0.29, 0.717) is 16.7 Å². The van der Waals surface area contributed by atoms with Crippen molar-refractivity contribution in [1.29, 1.82) is 0 Å². The Bertz CT molecular complexity index is 515. The number of carbonyl (C=O) groups is 2. The molecule has 0 bridgehead atoms. The number of likely N-dealkylation sites (N-methyl/N-ethyl adjacent to an activating group) is 1. The molecule has 0 aromatic carbocycles. The van der Waals surface area contributed by atoms with Gasteiger partial charge in [0.25, 0.3) is 5.91 Å². The van der Waals surface area contributed by atoms with Gasteiger partial charge in [-0.2, -0.15) is 0 Å². The van der Waals surface area contributed by atoms with Crippen LogP contribution >= 0.6 is 15.9 Å². The SMILES string of the molecule is CNC(=O)CN1CCC(NC(=O)c2ccnc(Br)c2)CC1. The normalized spacial score (nSPS) is 16.5. The first-order valence-electron chi connectivity index (χ1n) is 6.94. The van der Waals surface area contributed by atoms with Crippen LogP contribution in [0.25, 0.3) is 0 Å². The monoisotopic (exact) mass is 354 g/mol. The van der Waals surface area contributed by atoms with Crippen LogP contribution in [0.4, 0.5) is 0 Å². The number of hydrogen-bond donors (Lipinski definition) is 2. The van der Waals surface area contributed by atoms with Crippen molar-refractivity contribution in [3.63, 3.8) is 0 Å². The lowest BCUT2D eigenvalue weighted by Gasteiger charge is -2.31. The summed E-state index contributed by atoms with van der Waals surface area (Å²) >= 11 is 3.26. The number of nitrogens with one attached hydrogen (secondary N) is 2. The number of piperidine rings is 1. The number of hydrogen-bond acceptors (Lipinski definition) is 4. The van der Waals surface area contributed by atoms with Crippen LogP contribution in [0.15, 0.2) is 22.9 Å². The lowest BCUT2D eigenvalue weighted by molar-refractivity contribution is -0.122. The molecule has 2 N–H and O–H groups in total. The first kappa shape index (κ1) is 15.9. The van der Waals surface area contributed by atoms with Crippen LogP contribution in [0.5, 0.6) is 0 Å². The molecule has 1 fully saturated rings. The average molecular weight is 355 g/mol. The minimum atomic E-state index is -0.0807. The van der Waals surface area contributed by atoms with Crippen molar-refractivity contribution in [2.24, 2.45) is 0 Å². The van der Waals surface area contributed by atoms with E-state index in [-0.39, 0.29) is 17.9 Å². The molecule has 2 rings (SSSR count). The number of rotatable bonds is 4. The van der Waals surface area contributed by atoms with Crippen LogP contribution in [-0.4, -0.2) is 54.4 Å². The van der Waals surface area contributed by atoms with Gasteiger partial charge < -0.3 is 10.6 Å². The maximum absolute atomic E-state index is 12.1. The molecule has 2 heterocycles. The molecule has 2 amide bonds. The van der Waals surface area contributed by atoms with Gasteiger partial charge in [-0.25, -0.2) is 4.98 Å². The van der Waals surface area contributed by atoms with Crippen LogP contribution in [0.3, 0.4) is 0 Å². The fourth-order valence-electron chi connectivity index (χ4n) is 2.33. The Labute approximate surface area is 132 Å².